The predicted octanol–water partition coefficient (Wildman–Crippen LogP) is 4.53. The minimum atomic E-state index is 0.103. The lowest BCUT2D eigenvalue weighted by Gasteiger charge is -2.34. The monoisotopic (exact) mass is 463 g/mol. The maximum Gasteiger partial charge on any atom is 0.277 e. The fourth-order valence-electron chi connectivity index (χ4n) is 3.98. The molecule has 8 nitrogen and oxygen atoms in total. The second-order valence-corrected chi connectivity index (χ2v) is 8.93. The molecule has 2 unspecified atom stereocenters. The van der Waals surface area contributed by atoms with Crippen LogP contribution in [0.4, 0.5) is 0 Å². The Morgan fingerprint density at radius 2 is 1.62 bits per heavy atom. The van der Waals surface area contributed by atoms with Gasteiger partial charge < -0.3 is 23.5 Å². The van der Waals surface area contributed by atoms with Gasteiger partial charge in [0.2, 0.25) is 17.5 Å². The molecule has 0 bridgehead atoms. The number of rotatable bonds is 10. The van der Waals surface area contributed by atoms with E-state index in [9.17, 15) is 4.79 Å². The second-order valence-electron chi connectivity index (χ2n) is 8.01. The number of piperidine rings is 1. The average Bonchev–Trinajstić information content (AvgIpc) is 3.23. The smallest absolute Gasteiger partial charge is 0.277 e. The molecule has 1 saturated heterocycles. The van der Waals surface area contributed by atoms with Crippen LogP contribution in [-0.2, 0) is 4.79 Å². The number of aromatic nitrogens is 2. The molecule has 2 aromatic rings. The zero-order chi connectivity index (χ0) is 23.1. The van der Waals surface area contributed by atoms with E-state index >= 15 is 0 Å². The highest BCUT2D eigenvalue weighted by atomic mass is 32.2. The van der Waals surface area contributed by atoms with Crippen molar-refractivity contribution in [2.45, 2.75) is 46.3 Å². The summed E-state index contributed by atoms with van der Waals surface area (Å²) in [6, 6.07) is 3.61. The van der Waals surface area contributed by atoms with Crippen LogP contribution in [0.5, 0.6) is 17.2 Å². The van der Waals surface area contributed by atoms with Crippen LogP contribution in [0.2, 0.25) is 0 Å². The molecule has 9 heteroatoms. The van der Waals surface area contributed by atoms with E-state index in [1.807, 2.05) is 25.7 Å². The molecule has 0 saturated carbocycles. The highest BCUT2D eigenvalue weighted by Gasteiger charge is 2.26. The summed E-state index contributed by atoms with van der Waals surface area (Å²) in [5.41, 5.74) is 0.671. The number of hydrogen-bond acceptors (Lipinski definition) is 8. The van der Waals surface area contributed by atoms with Gasteiger partial charge in [0.25, 0.3) is 5.22 Å². The molecule has 1 aliphatic heterocycles. The van der Waals surface area contributed by atoms with Crippen LogP contribution < -0.4 is 14.2 Å². The van der Waals surface area contributed by atoms with Gasteiger partial charge in [-0.3, -0.25) is 4.79 Å². The Bertz CT molecular complexity index is 867. The molecule has 1 aromatic carbocycles. The lowest BCUT2D eigenvalue weighted by Crippen LogP contribution is -2.43. The summed E-state index contributed by atoms with van der Waals surface area (Å²) in [4.78, 5) is 14.6. The lowest BCUT2D eigenvalue weighted by molar-refractivity contribution is -0.130. The van der Waals surface area contributed by atoms with Gasteiger partial charge in [-0.25, -0.2) is 0 Å². The normalized spacial score (nSPS) is 18.5. The van der Waals surface area contributed by atoms with Crippen molar-refractivity contribution in [1.82, 2.24) is 15.1 Å². The van der Waals surface area contributed by atoms with Crippen molar-refractivity contribution in [2.24, 2.45) is 11.8 Å². The first-order chi connectivity index (χ1) is 15.4. The Morgan fingerprint density at radius 3 is 2.19 bits per heavy atom. The van der Waals surface area contributed by atoms with E-state index in [1.165, 1.54) is 18.2 Å². The van der Waals surface area contributed by atoms with Crippen LogP contribution in [0.3, 0.4) is 0 Å². The summed E-state index contributed by atoms with van der Waals surface area (Å²) < 4.78 is 23.1. The molecule has 1 aliphatic rings. The minimum absolute atomic E-state index is 0.103. The van der Waals surface area contributed by atoms with Gasteiger partial charge in [-0.2, -0.15) is 0 Å². The Hall–Kier alpha value is -2.42. The van der Waals surface area contributed by atoms with Crippen molar-refractivity contribution in [3.8, 4) is 28.7 Å². The van der Waals surface area contributed by atoms with Crippen molar-refractivity contribution in [2.75, 3.05) is 38.7 Å². The first kappa shape index (κ1) is 24.2. The maximum absolute atomic E-state index is 12.6. The van der Waals surface area contributed by atoms with Crippen LogP contribution >= 0.6 is 11.8 Å². The summed E-state index contributed by atoms with van der Waals surface area (Å²) >= 11 is 1.26. The van der Waals surface area contributed by atoms with E-state index in [-0.39, 0.29) is 11.7 Å². The summed E-state index contributed by atoms with van der Waals surface area (Å²) in [6.45, 7) is 13.2. The van der Waals surface area contributed by atoms with Gasteiger partial charge >= 0.3 is 0 Å². The van der Waals surface area contributed by atoms with Crippen molar-refractivity contribution < 1.29 is 23.4 Å². The van der Waals surface area contributed by atoms with Crippen LogP contribution in [0.25, 0.3) is 11.5 Å². The Kier molecular flexibility index (Phi) is 8.67. The third-order valence-electron chi connectivity index (χ3n) is 5.10. The topological polar surface area (TPSA) is 86.9 Å². The van der Waals surface area contributed by atoms with E-state index < -0.39 is 0 Å². The fourth-order valence-corrected chi connectivity index (χ4v) is 4.64. The average molecular weight is 464 g/mol. The minimum Gasteiger partial charge on any atom is -0.490 e. The molecule has 2 heterocycles. The molecule has 1 aromatic heterocycles. The van der Waals surface area contributed by atoms with E-state index in [2.05, 4.69) is 24.0 Å². The van der Waals surface area contributed by atoms with Crippen molar-refractivity contribution in [3.63, 3.8) is 0 Å². The number of ether oxygens (including phenoxy) is 3. The SMILES string of the molecule is CCOc1cc(-c2nnc(SCC(=O)N3CC(C)CC(C)C3)o2)cc(OCC)c1OCC. The van der Waals surface area contributed by atoms with Gasteiger partial charge in [0.1, 0.15) is 0 Å². The molecule has 2 atom stereocenters. The quantitative estimate of drug-likeness (QED) is 0.475. The number of likely N-dealkylation sites (tertiary alicyclic amines) is 1. The number of hydrogen-bond donors (Lipinski definition) is 0. The fraction of sp³-hybridized carbons (Fsp3) is 0.609. The van der Waals surface area contributed by atoms with E-state index in [1.54, 1.807) is 12.1 Å². The van der Waals surface area contributed by atoms with E-state index in [0.29, 0.717) is 65.6 Å². The maximum atomic E-state index is 12.6. The van der Waals surface area contributed by atoms with Gasteiger partial charge in [0.15, 0.2) is 11.5 Å². The molecule has 3 rings (SSSR count). The summed E-state index contributed by atoms with van der Waals surface area (Å²) in [5, 5.41) is 8.63. The van der Waals surface area contributed by atoms with Crippen molar-refractivity contribution in [3.05, 3.63) is 12.1 Å². The first-order valence-corrected chi connectivity index (χ1v) is 12.2. The molecule has 1 fully saturated rings. The third kappa shape index (κ3) is 6.09. The number of carbonyl (C=O) groups is 1. The molecule has 0 radical (unpaired) electrons. The Balaban J connectivity index is 1.73. The molecule has 176 valence electrons. The number of carbonyl (C=O) groups excluding carboxylic acids is 1. The molecule has 0 spiro atoms. The number of thioether (sulfide) groups is 1. The largest absolute Gasteiger partial charge is 0.490 e. The van der Waals surface area contributed by atoms with Gasteiger partial charge in [-0.1, -0.05) is 25.6 Å². The highest BCUT2D eigenvalue weighted by Crippen LogP contribution is 2.42. The molecular weight excluding hydrogens is 430 g/mol. The lowest BCUT2D eigenvalue weighted by atomic mass is 9.92. The summed E-state index contributed by atoms with van der Waals surface area (Å²) in [6.07, 6.45) is 1.17. The molecular formula is C23H33N3O5S. The van der Waals surface area contributed by atoms with Crippen LogP contribution in [0.1, 0.15) is 41.0 Å². The van der Waals surface area contributed by atoms with Crippen LogP contribution in [0.15, 0.2) is 21.8 Å². The Labute approximate surface area is 194 Å². The molecule has 0 aliphatic carbocycles. The first-order valence-electron chi connectivity index (χ1n) is 11.3. The van der Waals surface area contributed by atoms with Gasteiger partial charge in [-0.15, -0.1) is 10.2 Å². The van der Waals surface area contributed by atoms with Gasteiger partial charge in [0, 0.05) is 18.7 Å². The number of amides is 1. The second kappa shape index (κ2) is 11.4. The predicted molar refractivity (Wildman–Crippen MR) is 123 cm³/mol. The molecule has 32 heavy (non-hydrogen) atoms. The van der Waals surface area contributed by atoms with E-state index in [4.69, 9.17) is 18.6 Å². The number of nitrogens with zero attached hydrogens (tertiary/aromatic N) is 3. The van der Waals surface area contributed by atoms with Crippen molar-refractivity contribution in [1.29, 1.82) is 0 Å². The zero-order valence-electron chi connectivity index (χ0n) is 19.6. The standard InChI is InChI=1S/C23H33N3O5S/c1-6-28-18-10-17(11-19(29-7-2)21(18)30-8-3)22-24-25-23(31-22)32-14-20(27)26-12-15(4)9-16(5)13-26/h10-11,15-16H,6-9,12-14H2,1-5H3. The van der Waals surface area contributed by atoms with E-state index in [0.717, 1.165) is 13.1 Å². The third-order valence-corrected chi connectivity index (χ3v) is 5.91. The number of benzene rings is 1. The summed E-state index contributed by atoms with van der Waals surface area (Å²) in [5.74, 6) is 3.46. The van der Waals surface area contributed by atoms with Crippen LogP contribution in [-0.4, -0.2) is 59.7 Å². The zero-order valence-corrected chi connectivity index (χ0v) is 20.4. The summed E-state index contributed by atoms with van der Waals surface area (Å²) in [7, 11) is 0. The van der Waals surface area contributed by atoms with Crippen molar-refractivity contribution >= 4 is 17.7 Å². The Morgan fingerprint density at radius 1 is 1.03 bits per heavy atom. The molecule has 0 N–H and O–H groups in total. The highest BCUT2D eigenvalue weighted by molar-refractivity contribution is 7.99. The van der Waals surface area contributed by atoms with Gasteiger partial charge in [0.05, 0.1) is 25.6 Å². The molecule has 1 amide bonds. The van der Waals surface area contributed by atoms with Crippen LogP contribution in [0, 0.1) is 11.8 Å². The van der Waals surface area contributed by atoms with Gasteiger partial charge in [-0.05, 0) is 51.2 Å².